The second-order valence-electron chi connectivity index (χ2n) is 5.71. The van der Waals surface area contributed by atoms with Gasteiger partial charge in [0.1, 0.15) is 0 Å². The number of hydrogen-bond donors (Lipinski definition) is 1. The molecular weight excluding hydrogens is 459 g/mol. The topological polar surface area (TPSA) is 59.8 Å². The van der Waals surface area contributed by atoms with Gasteiger partial charge in [-0.3, -0.25) is 4.79 Å². The van der Waals surface area contributed by atoms with Crippen LogP contribution < -0.4 is 5.32 Å². The Bertz CT molecular complexity index is 911. The van der Waals surface area contributed by atoms with Gasteiger partial charge in [0, 0.05) is 21.4 Å². The maximum atomic E-state index is 12.3. The predicted octanol–water partition coefficient (Wildman–Crippen LogP) is 4.61. The summed E-state index contributed by atoms with van der Waals surface area (Å²) >= 11 is 3.66. The third-order valence-corrected chi connectivity index (χ3v) is 5.50. The highest BCUT2D eigenvalue weighted by molar-refractivity contribution is 14.1. The number of halogens is 1. The molecule has 0 saturated carbocycles. The number of carbonyl (C=O) groups excluding carboxylic acids is 1. The lowest BCUT2D eigenvalue weighted by Gasteiger charge is -2.09. The zero-order valence-electron chi connectivity index (χ0n) is 14.6. The van der Waals surface area contributed by atoms with E-state index in [9.17, 15) is 4.79 Å². The monoisotopic (exact) mass is 478 g/mol. The Morgan fingerprint density at radius 3 is 2.65 bits per heavy atom. The summed E-state index contributed by atoms with van der Waals surface area (Å²) < 4.78 is 3.18. The zero-order chi connectivity index (χ0) is 18.5. The molecule has 134 valence electrons. The van der Waals surface area contributed by atoms with E-state index in [0.717, 1.165) is 37.9 Å². The van der Waals surface area contributed by atoms with Gasteiger partial charge in [-0.15, -0.1) is 10.2 Å². The number of anilines is 1. The van der Waals surface area contributed by atoms with Gasteiger partial charge in [-0.2, -0.15) is 0 Å². The Balaban J connectivity index is 1.68. The van der Waals surface area contributed by atoms with Crippen LogP contribution in [0.15, 0.2) is 53.7 Å². The van der Waals surface area contributed by atoms with Crippen molar-refractivity contribution < 1.29 is 4.79 Å². The molecule has 0 bridgehead atoms. The molecule has 0 atom stereocenters. The van der Waals surface area contributed by atoms with Crippen LogP contribution in [0.4, 0.5) is 5.69 Å². The van der Waals surface area contributed by atoms with E-state index in [2.05, 4.69) is 45.0 Å². The van der Waals surface area contributed by atoms with Crippen LogP contribution in [0.5, 0.6) is 0 Å². The van der Waals surface area contributed by atoms with Crippen LogP contribution in [0, 0.1) is 10.5 Å². The SMILES string of the molecule is CCn1c(SCC(=O)Nc2ccc(I)cc2C)nnc1-c1ccccc1. The first-order chi connectivity index (χ1) is 12.6. The van der Waals surface area contributed by atoms with Crippen LogP contribution in [-0.2, 0) is 11.3 Å². The molecule has 1 amide bonds. The van der Waals surface area contributed by atoms with Gasteiger partial charge in [-0.05, 0) is 60.2 Å². The molecule has 1 N–H and O–H groups in total. The van der Waals surface area contributed by atoms with E-state index in [1.165, 1.54) is 11.8 Å². The van der Waals surface area contributed by atoms with Gasteiger partial charge in [0.25, 0.3) is 0 Å². The Hall–Kier alpha value is -1.87. The standard InChI is InChI=1S/C19H19IN4OS/c1-3-24-18(14-7-5-4-6-8-14)22-23-19(24)26-12-17(25)21-16-10-9-15(20)11-13(16)2/h4-11H,3,12H2,1-2H3,(H,21,25). The molecule has 1 aromatic heterocycles. The predicted molar refractivity (Wildman–Crippen MR) is 114 cm³/mol. The average molecular weight is 478 g/mol. The van der Waals surface area contributed by atoms with Crippen molar-refractivity contribution in [1.29, 1.82) is 0 Å². The van der Waals surface area contributed by atoms with E-state index in [1.807, 2.05) is 60.0 Å². The number of thioether (sulfide) groups is 1. The fourth-order valence-electron chi connectivity index (χ4n) is 2.57. The molecule has 5 nitrogen and oxygen atoms in total. The number of amides is 1. The van der Waals surface area contributed by atoms with Crippen molar-refractivity contribution in [1.82, 2.24) is 14.8 Å². The minimum Gasteiger partial charge on any atom is -0.325 e. The maximum absolute atomic E-state index is 12.3. The lowest BCUT2D eigenvalue weighted by Crippen LogP contribution is -2.15. The van der Waals surface area contributed by atoms with Crippen LogP contribution in [0.2, 0.25) is 0 Å². The molecule has 0 saturated heterocycles. The molecule has 7 heteroatoms. The summed E-state index contributed by atoms with van der Waals surface area (Å²) in [5.74, 6) is 1.06. The molecule has 0 radical (unpaired) electrons. The molecule has 0 fully saturated rings. The molecule has 3 rings (SSSR count). The van der Waals surface area contributed by atoms with E-state index in [0.29, 0.717) is 5.75 Å². The second kappa shape index (κ2) is 8.68. The van der Waals surface area contributed by atoms with E-state index >= 15 is 0 Å². The van der Waals surface area contributed by atoms with Gasteiger partial charge in [0.05, 0.1) is 5.75 Å². The highest BCUT2D eigenvalue weighted by Gasteiger charge is 2.14. The number of hydrogen-bond acceptors (Lipinski definition) is 4. The fraction of sp³-hybridized carbons (Fsp3) is 0.211. The first-order valence-corrected chi connectivity index (χ1v) is 10.3. The number of carbonyl (C=O) groups is 1. The molecule has 3 aromatic rings. The lowest BCUT2D eigenvalue weighted by molar-refractivity contribution is -0.113. The minimum absolute atomic E-state index is 0.0498. The Kier molecular flexibility index (Phi) is 6.31. The molecule has 0 aliphatic rings. The fourth-order valence-corrected chi connectivity index (χ4v) is 4.01. The highest BCUT2D eigenvalue weighted by Crippen LogP contribution is 2.24. The largest absolute Gasteiger partial charge is 0.325 e. The van der Waals surface area contributed by atoms with E-state index in [-0.39, 0.29) is 5.91 Å². The number of rotatable bonds is 6. The molecule has 0 aliphatic carbocycles. The molecule has 26 heavy (non-hydrogen) atoms. The van der Waals surface area contributed by atoms with Gasteiger partial charge < -0.3 is 9.88 Å². The molecule has 0 aliphatic heterocycles. The summed E-state index contributed by atoms with van der Waals surface area (Å²) in [7, 11) is 0. The summed E-state index contributed by atoms with van der Waals surface area (Å²) in [6.07, 6.45) is 0. The molecule has 0 unspecified atom stereocenters. The van der Waals surface area contributed by atoms with Crippen molar-refractivity contribution in [3.63, 3.8) is 0 Å². The van der Waals surface area contributed by atoms with Gasteiger partial charge in [0.15, 0.2) is 11.0 Å². The number of benzene rings is 2. The summed E-state index contributed by atoms with van der Waals surface area (Å²) in [5.41, 5.74) is 2.92. The van der Waals surface area contributed by atoms with Crippen molar-refractivity contribution >= 4 is 45.9 Å². The lowest BCUT2D eigenvalue weighted by atomic mass is 10.2. The quantitative estimate of drug-likeness (QED) is 0.416. The van der Waals surface area contributed by atoms with E-state index in [4.69, 9.17) is 0 Å². The molecular formula is C19H19IN4OS. The molecule has 0 spiro atoms. The first kappa shape index (κ1) is 18.9. The van der Waals surface area contributed by atoms with Crippen molar-refractivity contribution in [2.75, 3.05) is 11.1 Å². The highest BCUT2D eigenvalue weighted by atomic mass is 127. The summed E-state index contributed by atoms with van der Waals surface area (Å²) in [6, 6.07) is 15.9. The summed E-state index contributed by atoms with van der Waals surface area (Å²) in [6.45, 7) is 4.79. The van der Waals surface area contributed by atoms with Gasteiger partial charge in [0.2, 0.25) is 5.91 Å². The second-order valence-corrected chi connectivity index (χ2v) is 7.90. The van der Waals surface area contributed by atoms with Gasteiger partial charge >= 0.3 is 0 Å². The van der Waals surface area contributed by atoms with Crippen LogP contribution in [-0.4, -0.2) is 26.4 Å². The molecule has 1 heterocycles. The first-order valence-electron chi connectivity index (χ1n) is 8.26. The third kappa shape index (κ3) is 4.45. The van der Waals surface area contributed by atoms with Crippen LogP contribution in [0.25, 0.3) is 11.4 Å². The average Bonchev–Trinajstić information content (AvgIpc) is 3.06. The smallest absolute Gasteiger partial charge is 0.234 e. The normalized spacial score (nSPS) is 10.7. The minimum atomic E-state index is -0.0498. The van der Waals surface area contributed by atoms with Crippen molar-refractivity contribution in [3.05, 3.63) is 57.7 Å². The van der Waals surface area contributed by atoms with Crippen LogP contribution >= 0.6 is 34.4 Å². The number of nitrogens with one attached hydrogen (secondary N) is 1. The van der Waals surface area contributed by atoms with E-state index < -0.39 is 0 Å². The van der Waals surface area contributed by atoms with E-state index in [1.54, 1.807) is 0 Å². The Labute approximate surface area is 170 Å². The molecule has 2 aromatic carbocycles. The number of nitrogens with zero attached hydrogens (tertiary/aromatic N) is 3. The Morgan fingerprint density at radius 1 is 1.19 bits per heavy atom. The van der Waals surface area contributed by atoms with Crippen LogP contribution in [0.3, 0.4) is 0 Å². The zero-order valence-corrected chi connectivity index (χ0v) is 17.5. The number of aryl methyl sites for hydroxylation is 1. The Morgan fingerprint density at radius 2 is 1.96 bits per heavy atom. The van der Waals surface area contributed by atoms with Gasteiger partial charge in [-0.25, -0.2) is 0 Å². The van der Waals surface area contributed by atoms with Crippen molar-refractivity contribution in [3.8, 4) is 11.4 Å². The summed E-state index contributed by atoms with van der Waals surface area (Å²) in [5, 5.41) is 12.3. The van der Waals surface area contributed by atoms with Crippen LogP contribution in [0.1, 0.15) is 12.5 Å². The maximum Gasteiger partial charge on any atom is 0.234 e. The number of aromatic nitrogens is 3. The van der Waals surface area contributed by atoms with Crippen molar-refractivity contribution in [2.45, 2.75) is 25.5 Å². The summed E-state index contributed by atoms with van der Waals surface area (Å²) in [4.78, 5) is 12.3. The third-order valence-electron chi connectivity index (χ3n) is 3.86. The van der Waals surface area contributed by atoms with Gasteiger partial charge in [-0.1, -0.05) is 42.1 Å². The van der Waals surface area contributed by atoms with Crippen molar-refractivity contribution in [2.24, 2.45) is 0 Å².